The summed E-state index contributed by atoms with van der Waals surface area (Å²) in [5, 5.41) is 18.3. The quantitative estimate of drug-likeness (QED) is 0.741. The Morgan fingerprint density at radius 3 is 2.00 bits per heavy atom. The van der Waals surface area contributed by atoms with E-state index in [4.69, 9.17) is 10.5 Å². The first-order valence-corrected chi connectivity index (χ1v) is 5.47. The van der Waals surface area contributed by atoms with Crippen molar-refractivity contribution in [2.24, 2.45) is 0 Å². The second-order valence-electron chi connectivity index (χ2n) is 5.29. The van der Waals surface area contributed by atoms with Crippen molar-refractivity contribution < 1.29 is 0 Å². The molecule has 0 radical (unpaired) electrons. The molecule has 1 rings (SSSR count). The van der Waals surface area contributed by atoms with E-state index in [0.29, 0.717) is 11.1 Å². The Morgan fingerprint density at radius 1 is 1.06 bits per heavy atom. The fourth-order valence-corrected chi connectivity index (χ4v) is 1.62. The molecule has 0 unspecified atom stereocenters. The van der Waals surface area contributed by atoms with Gasteiger partial charge in [0.1, 0.15) is 12.1 Å². The van der Waals surface area contributed by atoms with E-state index in [2.05, 4.69) is 32.9 Å². The van der Waals surface area contributed by atoms with E-state index in [1.54, 1.807) is 0 Å². The summed E-state index contributed by atoms with van der Waals surface area (Å²) < 4.78 is 0. The van der Waals surface area contributed by atoms with Crippen molar-refractivity contribution in [3.63, 3.8) is 0 Å². The van der Waals surface area contributed by atoms with Crippen LogP contribution in [0.5, 0.6) is 0 Å². The Morgan fingerprint density at radius 2 is 1.65 bits per heavy atom. The molecule has 3 nitrogen and oxygen atoms in total. The van der Waals surface area contributed by atoms with Crippen LogP contribution in [0.2, 0.25) is 0 Å². The maximum Gasteiger partial charge on any atom is 0.103 e. The second kappa shape index (κ2) is 4.47. The number of hydrogen-bond donors (Lipinski definition) is 0. The summed E-state index contributed by atoms with van der Waals surface area (Å²) in [6, 6.07) is 8.01. The first-order chi connectivity index (χ1) is 7.81. The summed E-state index contributed by atoms with van der Waals surface area (Å²) in [5.41, 5.74) is 2.73. The SMILES string of the molecule is CN(C)c1cc(C(C)(C)C)cc(C#N)c1C#N. The number of nitriles is 2. The Balaban J connectivity index is 3.60. The maximum absolute atomic E-state index is 9.15. The molecule has 88 valence electrons. The van der Waals surface area contributed by atoms with Crippen LogP contribution in [0, 0.1) is 22.7 Å². The average Bonchev–Trinajstić information content (AvgIpc) is 2.25. The lowest BCUT2D eigenvalue weighted by Gasteiger charge is -2.23. The molecule has 0 heterocycles. The topological polar surface area (TPSA) is 50.8 Å². The molecule has 17 heavy (non-hydrogen) atoms. The van der Waals surface area contributed by atoms with E-state index < -0.39 is 0 Å². The third-order valence-corrected chi connectivity index (χ3v) is 2.70. The molecule has 0 bridgehead atoms. The lowest BCUT2D eigenvalue weighted by Crippen LogP contribution is -2.16. The first kappa shape index (κ1) is 13.1. The number of anilines is 1. The van der Waals surface area contributed by atoms with Crippen molar-refractivity contribution in [3.8, 4) is 12.1 Å². The van der Waals surface area contributed by atoms with Gasteiger partial charge in [-0.25, -0.2) is 0 Å². The lowest BCUT2D eigenvalue weighted by atomic mass is 9.84. The Hall–Kier alpha value is -2.00. The normalized spacial score (nSPS) is 10.5. The van der Waals surface area contributed by atoms with E-state index in [1.807, 2.05) is 31.1 Å². The summed E-state index contributed by atoms with van der Waals surface area (Å²) in [5.74, 6) is 0. The molecule has 1 aromatic rings. The highest BCUT2D eigenvalue weighted by atomic mass is 15.1. The van der Waals surface area contributed by atoms with Gasteiger partial charge in [0.05, 0.1) is 16.8 Å². The largest absolute Gasteiger partial charge is 0.377 e. The van der Waals surface area contributed by atoms with Gasteiger partial charge in [0.2, 0.25) is 0 Å². The molecule has 0 aromatic heterocycles. The van der Waals surface area contributed by atoms with Crippen molar-refractivity contribution in [2.45, 2.75) is 26.2 Å². The number of rotatable bonds is 1. The smallest absolute Gasteiger partial charge is 0.103 e. The molecule has 0 saturated carbocycles. The van der Waals surface area contributed by atoms with E-state index in [1.165, 1.54) is 0 Å². The summed E-state index contributed by atoms with van der Waals surface area (Å²) >= 11 is 0. The summed E-state index contributed by atoms with van der Waals surface area (Å²) in [6.45, 7) is 6.28. The van der Waals surface area contributed by atoms with Crippen LogP contribution in [0.3, 0.4) is 0 Å². The minimum absolute atomic E-state index is 0.0374. The molecule has 0 fully saturated rings. The van der Waals surface area contributed by atoms with Crippen LogP contribution in [0.4, 0.5) is 5.69 Å². The molecule has 0 N–H and O–H groups in total. The van der Waals surface area contributed by atoms with Crippen molar-refractivity contribution >= 4 is 5.69 Å². The lowest BCUT2D eigenvalue weighted by molar-refractivity contribution is 0.590. The fraction of sp³-hybridized carbons (Fsp3) is 0.429. The molecule has 0 atom stereocenters. The van der Waals surface area contributed by atoms with Gasteiger partial charge < -0.3 is 4.90 Å². The monoisotopic (exact) mass is 227 g/mol. The van der Waals surface area contributed by atoms with Gasteiger partial charge in [-0.3, -0.25) is 0 Å². The molecular weight excluding hydrogens is 210 g/mol. The van der Waals surface area contributed by atoms with Crippen LogP contribution in [-0.2, 0) is 5.41 Å². The number of benzene rings is 1. The van der Waals surface area contributed by atoms with Crippen LogP contribution >= 0.6 is 0 Å². The van der Waals surface area contributed by atoms with Gasteiger partial charge in [0.25, 0.3) is 0 Å². The third-order valence-electron chi connectivity index (χ3n) is 2.70. The van der Waals surface area contributed by atoms with Crippen molar-refractivity contribution in [1.82, 2.24) is 0 Å². The van der Waals surface area contributed by atoms with E-state index in [9.17, 15) is 0 Å². The van der Waals surface area contributed by atoms with Gasteiger partial charge in [-0.1, -0.05) is 20.8 Å². The maximum atomic E-state index is 9.15. The Kier molecular flexibility index (Phi) is 3.44. The van der Waals surface area contributed by atoms with Gasteiger partial charge >= 0.3 is 0 Å². The van der Waals surface area contributed by atoms with Crippen LogP contribution in [0.25, 0.3) is 0 Å². The van der Waals surface area contributed by atoms with E-state index >= 15 is 0 Å². The van der Waals surface area contributed by atoms with E-state index in [-0.39, 0.29) is 5.41 Å². The molecule has 0 spiro atoms. The van der Waals surface area contributed by atoms with Gasteiger partial charge in [-0.15, -0.1) is 0 Å². The van der Waals surface area contributed by atoms with Crippen molar-refractivity contribution in [2.75, 3.05) is 19.0 Å². The predicted octanol–water partition coefficient (Wildman–Crippen LogP) is 2.79. The van der Waals surface area contributed by atoms with Crippen molar-refractivity contribution in [3.05, 3.63) is 28.8 Å². The Labute approximate surface area is 103 Å². The highest BCUT2D eigenvalue weighted by Gasteiger charge is 2.19. The fourth-order valence-electron chi connectivity index (χ4n) is 1.62. The van der Waals surface area contributed by atoms with E-state index in [0.717, 1.165) is 11.3 Å². The first-order valence-electron chi connectivity index (χ1n) is 5.47. The standard InChI is InChI=1S/C14H17N3/c1-14(2,3)11-6-10(8-15)12(9-16)13(7-11)17(4)5/h6-7H,1-5H3. The Bertz CT molecular complexity index is 508. The van der Waals surface area contributed by atoms with Gasteiger partial charge in [0.15, 0.2) is 0 Å². The van der Waals surface area contributed by atoms with Crippen LogP contribution in [-0.4, -0.2) is 14.1 Å². The molecule has 3 heteroatoms. The molecule has 0 aliphatic rings. The van der Waals surface area contributed by atoms with Gasteiger partial charge in [-0.05, 0) is 23.1 Å². The zero-order valence-corrected chi connectivity index (χ0v) is 11.0. The minimum Gasteiger partial charge on any atom is -0.377 e. The molecule has 0 aliphatic heterocycles. The number of nitrogens with zero attached hydrogens (tertiary/aromatic N) is 3. The average molecular weight is 227 g/mol. The van der Waals surface area contributed by atoms with Gasteiger partial charge in [0, 0.05) is 14.1 Å². The highest BCUT2D eigenvalue weighted by molar-refractivity contribution is 5.67. The van der Waals surface area contributed by atoms with Crippen LogP contribution < -0.4 is 4.90 Å². The molecule has 0 aliphatic carbocycles. The molecule has 0 saturated heterocycles. The zero-order chi connectivity index (χ0) is 13.2. The summed E-state index contributed by atoms with van der Waals surface area (Å²) in [4.78, 5) is 1.87. The van der Waals surface area contributed by atoms with Crippen molar-refractivity contribution in [1.29, 1.82) is 10.5 Å². The predicted molar refractivity (Wildman–Crippen MR) is 68.9 cm³/mol. The zero-order valence-electron chi connectivity index (χ0n) is 11.0. The second-order valence-corrected chi connectivity index (χ2v) is 5.29. The molecule has 0 amide bonds. The molecule has 1 aromatic carbocycles. The van der Waals surface area contributed by atoms with Crippen LogP contribution in [0.15, 0.2) is 12.1 Å². The highest BCUT2D eigenvalue weighted by Crippen LogP contribution is 2.30. The minimum atomic E-state index is -0.0374. The van der Waals surface area contributed by atoms with Gasteiger partial charge in [-0.2, -0.15) is 10.5 Å². The summed E-state index contributed by atoms with van der Waals surface area (Å²) in [7, 11) is 3.76. The molecular formula is C14H17N3. The van der Waals surface area contributed by atoms with Crippen LogP contribution in [0.1, 0.15) is 37.5 Å². The number of hydrogen-bond acceptors (Lipinski definition) is 3. The summed E-state index contributed by atoms with van der Waals surface area (Å²) in [6.07, 6.45) is 0. The third kappa shape index (κ3) is 2.57.